The van der Waals surface area contributed by atoms with Gasteiger partial charge in [0.25, 0.3) is 5.91 Å². The Bertz CT molecular complexity index is 995. The predicted molar refractivity (Wildman–Crippen MR) is 92.9 cm³/mol. The van der Waals surface area contributed by atoms with Gasteiger partial charge in [0.2, 0.25) is 6.10 Å². The van der Waals surface area contributed by atoms with Crippen molar-refractivity contribution >= 4 is 22.8 Å². The Morgan fingerprint density at radius 2 is 1.73 bits per heavy atom. The van der Waals surface area contributed by atoms with Gasteiger partial charge in [0.15, 0.2) is 17.3 Å². The number of ether oxygens (including phenoxy) is 2. The minimum atomic E-state index is -0.859. The molecule has 1 unspecified atom stereocenters. The van der Waals surface area contributed by atoms with Crippen LogP contribution in [-0.4, -0.2) is 24.5 Å². The molecule has 0 saturated carbocycles. The van der Waals surface area contributed by atoms with Crippen molar-refractivity contribution in [2.24, 2.45) is 0 Å². The van der Waals surface area contributed by atoms with Crippen molar-refractivity contribution in [2.75, 3.05) is 6.61 Å². The van der Waals surface area contributed by atoms with Crippen LogP contribution in [0, 0.1) is 6.92 Å². The Balaban J connectivity index is 1.41. The highest BCUT2D eigenvalue weighted by molar-refractivity contribution is 5.99. The molecule has 0 saturated heterocycles. The zero-order chi connectivity index (χ0) is 18.1. The van der Waals surface area contributed by atoms with E-state index in [1.165, 1.54) is 0 Å². The molecule has 7 heteroatoms. The van der Waals surface area contributed by atoms with Gasteiger partial charge in [0.05, 0.1) is 0 Å². The fourth-order valence-corrected chi connectivity index (χ4v) is 2.80. The lowest BCUT2D eigenvalue weighted by atomic mass is 10.1. The molecule has 3 aromatic rings. The standard InChI is InChI=1S/C19H16N2O5/c1-11-12-6-2-3-7-13(12)26-17(11)19(23)21-20-18(22)16-10-24-14-8-4-5-9-15(14)25-16/h2-9,16H,10H2,1H3,(H,20,22)(H,21,23). The number of furan rings is 1. The highest BCUT2D eigenvalue weighted by Crippen LogP contribution is 2.30. The summed E-state index contributed by atoms with van der Waals surface area (Å²) in [5, 5.41) is 0.851. The van der Waals surface area contributed by atoms with Gasteiger partial charge in [-0.15, -0.1) is 0 Å². The number of hydrogen-bond acceptors (Lipinski definition) is 5. The molecule has 1 aliphatic rings. The lowest BCUT2D eigenvalue weighted by Crippen LogP contribution is -2.50. The van der Waals surface area contributed by atoms with Crippen LogP contribution in [0.1, 0.15) is 16.1 Å². The largest absolute Gasteiger partial charge is 0.485 e. The third kappa shape index (κ3) is 2.83. The lowest BCUT2D eigenvalue weighted by Gasteiger charge is -2.25. The number of nitrogens with one attached hydrogen (secondary N) is 2. The Morgan fingerprint density at radius 1 is 1.00 bits per heavy atom. The van der Waals surface area contributed by atoms with Crippen LogP contribution < -0.4 is 20.3 Å². The van der Waals surface area contributed by atoms with Gasteiger partial charge in [-0.25, -0.2) is 0 Å². The zero-order valence-corrected chi connectivity index (χ0v) is 13.9. The summed E-state index contributed by atoms with van der Waals surface area (Å²) in [6, 6.07) is 14.4. The summed E-state index contributed by atoms with van der Waals surface area (Å²) in [5.41, 5.74) is 6.02. The molecule has 0 fully saturated rings. The Hall–Kier alpha value is -3.48. The lowest BCUT2D eigenvalue weighted by molar-refractivity contribution is -0.131. The quantitative estimate of drug-likeness (QED) is 0.691. The first kappa shape index (κ1) is 16.0. The molecule has 2 heterocycles. The van der Waals surface area contributed by atoms with Crippen LogP contribution in [0.4, 0.5) is 0 Å². The first-order valence-corrected chi connectivity index (χ1v) is 8.10. The molecule has 26 heavy (non-hydrogen) atoms. The normalized spacial score (nSPS) is 15.5. The van der Waals surface area contributed by atoms with Crippen LogP contribution in [0.15, 0.2) is 52.9 Å². The second-order valence-corrected chi connectivity index (χ2v) is 5.86. The van der Waals surface area contributed by atoms with E-state index in [0.29, 0.717) is 22.6 Å². The van der Waals surface area contributed by atoms with Gasteiger partial charge >= 0.3 is 5.91 Å². The van der Waals surface area contributed by atoms with E-state index < -0.39 is 17.9 Å². The fraction of sp³-hybridized carbons (Fsp3) is 0.158. The number of aryl methyl sites for hydroxylation is 1. The molecule has 0 bridgehead atoms. The molecule has 2 N–H and O–H groups in total. The second-order valence-electron chi connectivity index (χ2n) is 5.86. The number of benzene rings is 2. The molecule has 1 aliphatic heterocycles. The Kier molecular flexibility index (Phi) is 3.96. The molecular weight excluding hydrogens is 336 g/mol. The van der Waals surface area contributed by atoms with Crippen LogP contribution in [0.5, 0.6) is 11.5 Å². The van der Waals surface area contributed by atoms with E-state index in [2.05, 4.69) is 10.9 Å². The minimum absolute atomic E-state index is 0.0579. The smallest absolute Gasteiger partial charge is 0.305 e. The maximum atomic E-state index is 12.3. The number of hydrogen-bond donors (Lipinski definition) is 2. The van der Waals surface area contributed by atoms with E-state index >= 15 is 0 Å². The zero-order valence-electron chi connectivity index (χ0n) is 13.9. The molecule has 7 nitrogen and oxygen atoms in total. The van der Waals surface area contributed by atoms with Crippen molar-refractivity contribution in [3.05, 3.63) is 59.9 Å². The van der Waals surface area contributed by atoms with Crippen molar-refractivity contribution in [3.8, 4) is 11.5 Å². The maximum absolute atomic E-state index is 12.3. The minimum Gasteiger partial charge on any atom is -0.485 e. The Morgan fingerprint density at radius 3 is 2.54 bits per heavy atom. The number of hydrazine groups is 1. The number of rotatable bonds is 2. The van der Waals surface area contributed by atoms with Gasteiger partial charge in [-0.05, 0) is 25.1 Å². The first-order chi connectivity index (χ1) is 12.6. The van der Waals surface area contributed by atoms with Gasteiger partial charge in [0.1, 0.15) is 12.2 Å². The summed E-state index contributed by atoms with van der Waals surface area (Å²) in [6.45, 7) is 1.85. The molecule has 0 aliphatic carbocycles. The molecule has 2 aromatic carbocycles. The molecular formula is C19H16N2O5. The predicted octanol–water partition coefficient (Wildman–Crippen LogP) is 2.34. The molecule has 132 valence electrons. The van der Waals surface area contributed by atoms with Crippen LogP contribution in [-0.2, 0) is 4.79 Å². The fourth-order valence-electron chi connectivity index (χ4n) is 2.80. The average Bonchev–Trinajstić information content (AvgIpc) is 3.02. The van der Waals surface area contributed by atoms with E-state index in [4.69, 9.17) is 13.9 Å². The van der Waals surface area contributed by atoms with E-state index in [9.17, 15) is 9.59 Å². The molecule has 1 atom stereocenters. The van der Waals surface area contributed by atoms with Crippen LogP contribution in [0.25, 0.3) is 11.0 Å². The van der Waals surface area contributed by atoms with Gasteiger partial charge in [-0.2, -0.15) is 0 Å². The van der Waals surface area contributed by atoms with Crippen LogP contribution in [0.3, 0.4) is 0 Å². The van der Waals surface area contributed by atoms with Crippen LogP contribution in [0.2, 0.25) is 0 Å². The van der Waals surface area contributed by atoms with Crippen molar-refractivity contribution in [1.82, 2.24) is 10.9 Å². The summed E-state index contributed by atoms with van der Waals surface area (Å²) in [6.07, 6.45) is -0.859. The van der Waals surface area contributed by atoms with Crippen molar-refractivity contribution < 1.29 is 23.5 Å². The Labute approximate surface area is 148 Å². The molecule has 1 aromatic heterocycles. The summed E-state index contributed by atoms with van der Waals surface area (Å²) in [7, 11) is 0. The van der Waals surface area contributed by atoms with Gasteiger partial charge < -0.3 is 13.9 Å². The maximum Gasteiger partial charge on any atom is 0.305 e. The number of carbonyl (C=O) groups is 2. The van der Waals surface area contributed by atoms with Crippen molar-refractivity contribution in [1.29, 1.82) is 0 Å². The van der Waals surface area contributed by atoms with E-state index in [1.807, 2.05) is 24.3 Å². The van der Waals surface area contributed by atoms with Crippen LogP contribution >= 0.6 is 0 Å². The van der Waals surface area contributed by atoms with E-state index in [-0.39, 0.29) is 12.4 Å². The number of amides is 2. The third-order valence-corrected chi connectivity index (χ3v) is 4.15. The monoisotopic (exact) mass is 352 g/mol. The topological polar surface area (TPSA) is 89.8 Å². The second kappa shape index (κ2) is 6.44. The number of carbonyl (C=O) groups excluding carboxylic acids is 2. The summed E-state index contributed by atoms with van der Waals surface area (Å²) >= 11 is 0. The van der Waals surface area contributed by atoms with E-state index in [0.717, 1.165) is 5.39 Å². The summed E-state index contributed by atoms with van der Waals surface area (Å²) in [4.78, 5) is 24.6. The summed E-state index contributed by atoms with van der Waals surface area (Å²) in [5.74, 6) is 0.167. The summed E-state index contributed by atoms with van der Waals surface area (Å²) < 4.78 is 16.6. The number of para-hydroxylation sites is 3. The van der Waals surface area contributed by atoms with Crippen molar-refractivity contribution in [3.63, 3.8) is 0 Å². The third-order valence-electron chi connectivity index (χ3n) is 4.15. The van der Waals surface area contributed by atoms with Crippen molar-refractivity contribution in [2.45, 2.75) is 13.0 Å². The molecule has 0 radical (unpaired) electrons. The van der Waals surface area contributed by atoms with E-state index in [1.54, 1.807) is 31.2 Å². The highest BCUT2D eigenvalue weighted by atomic mass is 16.6. The van der Waals surface area contributed by atoms with Gasteiger partial charge in [-0.3, -0.25) is 20.4 Å². The first-order valence-electron chi connectivity index (χ1n) is 8.10. The SMILES string of the molecule is Cc1c(C(=O)NNC(=O)C2COc3ccccc3O2)oc2ccccc12. The van der Waals surface area contributed by atoms with Gasteiger partial charge in [-0.1, -0.05) is 30.3 Å². The molecule has 2 amide bonds. The number of fused-ring (bicyclic) bond motifs is 2. The average molecular weight is 352 g/mol. The molecule has 0 spiro atoms. The highest BCUT2D eigenvalue weighted by Gasteiger charge is 2.28. The molecule has 4 rings (SSSR count). The van der Waals surface area contributed by atoms with Gasteiger partial charge in [0, 0.05) is 10.9 Å².